The maximum absolute atomic E-state index is 14.1. The van der Waals surface area contributed by atoms with Gasteiger partial charge in [0.25, 0.3) is 5.69 Å². The lowest BCUT2D eigenvalue weighted by Gasteiger charge is -2.54. The summed E-state index contributed by atoms with van der Waals surface area (Å²) in [4.78, 5) is 67.6. The third kappa shape index (κ3) is 4.18. The van der Waals surface area contributed by atoms with Gasteiger partial charge in [-0.3, -0.25) is 29.3 Å². The Kier molecular flexibility index (Phi) is 6.92. The van der Waals surface area contributed by atoms with Gasteiger partial charge in [-0.05, 0) is 67.5 Å². The Morgan fingerprint density at radius 1 is 1.02 bits per heavy atom. The minimum Gasteiger partial charge on any atom is -0.491 e. The number of hydrogen-bond acceptors (Lipinski definition) is 8. The highest BCUT2D eigenvalue weighted by atomic mass is 16.6. The molecule has 10 nitrogen and oxygen atoms in total. The van der Waals surface area contributed by atoms with Gasteiger partial charge >= 0.3 is 0 Å². The number of nitro groups is 1. The monoisotopic (exact) mass is 584 g/mol. The zero-order valence-corrected chi connectivity index (χ0v) is 24.1. The van der Waals surface area contributed by atoms with E-state index in [0.29, 0.717) is 16.9 Å². The number of ether oxygens (including phenoxy) is 1. The largest absolute Gasteiger partial charge is 0.491 e. The lowest BCUT2D eigenvalue weighted by Crippen LogP contribution is -2.55. The Labute approximate surface area is 248 Å². The lowest BCUT2D eigenvalue weighted by molar-refractivity contribution is -0.384. The Morgan fingerprint density at radius 3 is 2.42 bits per heavy atom. The number of benzene rings is 2. The van der Waals surface area contributed by atoms with Gasteiger partial charge in [0.15, 0.2) is 11.6 Å². The molecule has 43 heavy (non-hydrogen) atoms. The second-order valence-electron chi connectivity index (χ2n) is 12.1. The molecular weight excluding hydrogens is 552 g/mol. The summed E-state index contributed by atoms with van der Waals surface area (Å²) in [6, 6.07) is 12.7. The van der Waals surface area contributed by atoms with Gasteiger partial charge in [0, 0.05) is 24.0 Å². The number of non-ortho nitro benzene ring substituents is 1. The molecule has 2 aromatic rings. The highest BCUT2D eigenvalue weighted by molar-refractivity contribution is 6.22. The van der Waals surface area contributed by atoms with Crippen LogP contribution in [0.4, 0.5) is 11.4 Å². The maximum Gasteiger partial charge on any atom is 0.271 e. The van der Waals surface area contributed by atoms with Crippen molar-refractivity contribution in [3.63, 3.8) is 0 Å². The number of amides is 2. The first-order valence-electron chi connectivity index (χ1n) is 14.4. The summed E-state index contributed by atoms with van der Waals surface area (Å²) in [5.41, 5.74) is 1.33. The van der Waals surface area contributed by atoms with Crippen LogP contribution in [0.25, 0.3) is 0 Å². The van der Waals surface area contributed by atoms with E-state index in [0.717, 1.165) is 16.0 Å². The van der Waals surface area contributed by atoms with Gasteiger partial charge in [0.1, 0.15) is 12.4 Å². The Bertz CT molecular complexity index is 1640. The number of rotatable bonds is 6. The van der Waals surface area contributed by atoms with Crippen LogP contribution in [-0.4, -0.2) is 46.6 Å². The van der Waals surface area contributed by atoms with Crippen molar-refractivity contribution in [3.8, 4) is 5.75 Å². The van der Waals surface area contributed by atoms with E-state index in [4.69, 9.17) is 9.84 Å². The lowest BCUT2D eigenvalue weighted by atomic mass is 9.46. The van der Waals surface area contributed by atoms with Crippen molar-refractivity contribution in [1.82, 2.24) is 0 Å². The minimum atomic E-state index is -1.10. The predicted molar refractivity (Wildman–Crippen MR) is 155 cm³/mol. The SMILES string of the molecule is CC1=C(C)C(=O)[C@@]2(C)[C@@H](c3ccc(OCCO)cc3)C3=CC[C@@H]4C(=O)N(c5cccc([N+](=O)[O-])c5)C(=O)[C@@H]4[C@@H]3C[C@H]2C1=O. The van der Waals surface area contributed by atoms with Crippen LogP contribution in [0.2, 0.25) is 0 Å². The zero-order chi connectivity index (χ0) is 30.8. The molecule has 0 radical (unpaired) electrons. The first-order valence-corrected chi connectivity index (χ1v) is 14.4. The fourth-order valence-corrected chi connectivity index (χ4v) is 7.88. The number of nitro benzene ring substituents is 1. The number of allylic oxidation sites excluding steroid dienone is 4. The zero-order valence-electron chi connectivity index (χ0n) is 24.1. The molecule has 4 aliphatic rings. The Hall–Kier alpha value is -4.44. The number of hydrogen-bond donors (Lipinski definition) is 1. The van der Waals surface area contributed by atoms with E-state index in [-0.39, 0.29) is 49.0 Å². The second kappa shape index (κ2) is 10.4. The number of carbonyl (C=O) groups is 4. The van der Waals surface area contributed by atoms with E-state index in [1.807, 2.05) is 25.1 Å². The topological polar surface area (TPSA) is 144 Å². The second-order valence-corrected chi connectivity index (χ2v) is 12.1. The van der Waals surface area contributed by atoms with E-state index in [1.54, 1.807) is 26.0 Å². The highest BCUT2D eigenvalue weighted by Gasteiger charge is 2.64. The first kappa shape index (κ1) is 28.7. The first-order chi connectivity index (χ1) is 20.5. The number of nitrogens with zero attached hydrogens (tertiary/aromatic N) is 2. The van der Waals surface area contributed by atoms with E-state index >= 15 is 0 Å². The van der Waals surface area contributed by atoms with Crippen molar-refractivity contribution in [2.24, 2.45) is 29.1 Å². The van der Waals surface area contributed by atoms with Crippen LogP contribution in [0.1, 0.15) is 45.1 Å². The van der Waals surface area contributed by atoms with Gasteiger partial charge in [0.2, 0.25) is 11.8 Å². The van der Waals surface area contributed by atoms with Crippen LogP contribution in [0.15, 0.2) is 71.3 Å². The third-order valence-electron chi connectivity index (χ3n) is 10.0. The summed E-state index contributed by atoms with van der Waals surface area (Å²) in [5, 5.41) is 20.5. The molecule has 3 aliphatic carbocycles. The van der Waals surface area contributed by atoms with E-state index in [9.17, 15) is 29.3 Å². The van der Waals surface area contributed by atoms with Crippen molar-refractivity contribution < 1.29 is 33.9 Å². The van der Waals surface area contributed by atoms with Gasteiger partial charge in [-0.25, -0.2) is 4.90 Å². The molecule has 2 aromatic carbocycles. The molecule has 1 aliphatic heterocycles. The van der Waals surface area contributed by atoms with E-state index < -0.39 is 51.7 Å². The highest BCUT2D eigenvalue weighted by Crippen LogP contribution is 2.63. The van der Waals surface area contributed by atoms with Gasteiger partial charge in [-0.1, -0.05) is 36.8 Å². The standard InChI is InChI=1S/C33H32N2O8/c1-17-18(2)30(38)33(3)26(29(17)37)16-25-23(28(33)19-7-9-22(10-8-19)43-14-13-36)11-12-24-27(25)32(40)34(31(24)39)20-5-4-6-21(15-20)35(41)42/h4-11,15,24-28,36H,12-14,16H2,1-3H3/t24-,25+,26-,27-,28-,33+/m0/s1. The number of aliphatic hydroxyl groups is 1. The van der Waals surface area contributed by atoms with Crippen LogP contribution in [-0.2, 0) is 19.2 Å². The maximum atomic E-state index is 14.1. The van der Waals surface area contributed by atoms with Crippen molar-refractivity contribution in [3.05, 3.63) is 87.0 Å². The Balaban J connectivity index is 1.46. The van der Waals surface area contributed by atoms with Crippen LogP contribution < -0.4 is 9.64 Å². The van der Waals surface area contributed by atoms with Crippen molar-refractivity contribution in [2.45, 2.75) is 39.5 Å². The average Bonchev–Trinajstić information content (AvgIpc) is 3.27. The molecule has 0 unspecified atom stereocenters. The fraction of sp³-hybridized carbons (Fsp3) is 0.394. The van der Waals surface area contributed by atoms with Gasteiger partial charge in [-0.15, -0.1) is 0 Å². The quantitative estimate of drug-likeness (QED) is 0.229. The van der Waals surface area contributed by atoms with Gasteiger partial charge in [0.05, 0.1) is 34.5 Å². The third-order valence-corrected chi connectivity index (χ3v) is 10.0. The molecule has 222 valence electrons. The van der Waals surface area contributed by atoms with E-state index in [2.05, 4.69) is 0 Å². The number of aliphatic hydroxyl groups excluding tert-OH is 1. The van der Waals surface area contributed by atoms with Crippen molar-refractivity contribution in [1.29, 1.82) is 0 Å². The number of carbonyl (C=O) groups excluding carboxylic acids is 4. The number of fused-ring (bicyclic) bond motifs is 4. The van der Waals surface area contributed by atoms with Crippen LogP contribution in [0.3, 0.4) is 0 Å². The van der Waals surface area contributed by atoms with Crippen molar-refractivity contribution in [2.75, 3.05) is 18.1 Å². The Morgan fingerprint density at radius 2 is 1.74 bits per heavy atom. The summed E-state index contributed by atoms with van der Waals surface area (Å²) in [5.74, 6) is -3.68. The molecule has 6 atom stereocenters. The van der Waals surface area contributed by atoms with Crippen LogP contribution >= 0.6 is 0 Å². The molecule has 0 bridgehead atoms. The molecule has 2 amide bonds. The molecule has 10 heteroatoms. The van der Waals surface area contributed by atoms with Crippen LogP contribution in [0.5, 0.6) is 5.75 Å². The fourth-order valence-electron chi connectivity index (χ4n) is 7.88. The van der Waals surface area contributed by atoms with Crippen molar-refractivity contribution >= 4 is 34.8 Å². The number of anilines is 1. The summed E-state index contributed by atoms with van der Waals surface area (Å²) in [6.45, 7) is 5.19. The molecule has 6 rings (SSSR count). The predicted octanol–water partition coefficient (Wildman–Crippen LogP) is 4.32. The number of imide groups is 1. The number of Topliss-reactive ketones (excluding diaryl/α,β-unsaturated/α-hetero) is 2. The molecule has 1 saturated heterocycles. The summed E-state index contributed by atoms with van der Waals surface area (Å²) in [6.07, 6.45) is 2.49. The molecule has 0 aromatic heterocycles. The average molecular weight is 585 g/mol. The number of ketones is 2. The molecule has 1 saturated carbocycles. The molecule has 2 fully saturated rings. The summed E-state index contributed by atoms with van der Waals surface area (Å²) >= 11 is 0. The summed E-state index contributed by atoms with van der Waals surface area (Å²) < 4.78 is 5.54. The summed E-state index contributed by atoms with van der Waals surface area (Å²) in [7, 11) is 0. The van der Waals surface area contributed by atoms with E-state index in [1.165, 1.54) is 24.3 Å². The smallest absolute Gasteiger partial charge is 0.271 e. The van der Waals surface area contributed by atoms with Gasteiger partial charge in [-0.2, -0.15) is 0 Å². The molecule has 1 N–H and O–H groups in total. The van der Waals surface area contributed by atoms with Crippen LogP contribution in [0, 0.1) is 39.2 Å². The molecular formula is C33H32N2O8. The van der Waals surface area contributed by atoms with Gasteiger partial charge < -0.3 is 9.84 Å². The molecule has 0 spiro atoms. The molecule has 1 heterocycles. The normalized spacial score (nSPS) is 30.1. The minimum absolute atomic E-state index is 0.103.